The molecular weight excluding hydrogens is 106 g/mol. The molecule has 0 aliphatic heterocycles. The number of primary amides is 1. The number of hydrogen-bond acceptors (Lipinski definition) is 3. The van der Waals surface area contributed by atoms with Gasteiger partial charge in [-0.15, -0.1) is 0 Å². The molecular formula is C4H5N3O. The Morgan fingerprint density at radius 3 is 2.50 bits per heavy atom. The molecule has 0 saturated heterocycles. The van der Waals surface area contributed by atoms with Crippen LogP contribution in [0.4, 0.5) is 0 Å². The van der Waals surface area contributed by atoms with Gasteiger partial charge < -0.3 is 11.1 Å². The summed E-state index contributed by atoms with van der Waals surface area (Å²) in [5.41, 5.74) is 4.65. The van der Waals surface area contributed by atoms with Gasteiger partial charge in [-0.3, -0.25) is 4.79 Å². The number of amides is 1. The number of hydrogen-bond donors (Lipinski definition) is 2. The predicted octanol–water partition coefficient (Wildman–Crippen LogP) is -0.739. The van der Waals surface area contributed by atoms with E-state index in [0.717, 1.165) is 0 Å². The third-order valence-corrected chi connectivity index (χ3v) is 0.612. The van der Waals surface area contributed by atoms with E-state index in [9.17, 15) is 4.79 Å². The zero-order valence-corrected chi connectivity index (χ0v) is 4.09. The van der Waals surface area contributed by atoms with Crippen LogP contribution in [0.25, 0.3) is 0 Å². The number of nitriles is 1. The van der Waals surface area contributed by atoms with Crippen LogP contribution in [0.5, 0.6) is 0 Å². The maximum absolute atomic E-state index is 10.0. The molecule has 0 aliphatic rings. The molecule has 0 heterocycles. The number of carbonyl (C=O) groups is 1. The summed E-state index contributed by atoms with van der Waals surface area (Å²) in [6, 6.07) is 1.53. The van der Waals surface area contributed by atoms with Crippen LogP contribution in [0.3, 0.4) is 0 Å². The van der Waals surface area contributed by atoms with E-state index in [0.29, 0.717) is 6.21 Å². The van der Waals surface area contributed by atoms with Gasteiger partial charge in [0.05, 0.1) is 6.07 Å². The van der Waals surface area contributed by atoms with E-state index in [-0.39, 0.29) is 0 Å². The second-order valence-electron chi connectivity index (χ2n) is 1.18. The van der Waals surface area contributed by atoms with E-state index in [2.05, 4.69) is 5.73 Å². The molecule has 0 aromatic heterocycles. The highest BCUT2D eigenvalue weighted by Crippen LogP contribution is 1.83. The van der Waals surface area contributed by atoms with Crippen LogP contribution in [-0.2, 0) is 4.79 Å². The predicted molar refractivity (Wildman–Crippen MR) is 27.1 cm³/mol. The van der Waals surface area contributed by atoms with Gasteiger partial charge in [0, 0.05) is 6.21 Å². The molecule has 42 valence electrons. The Bertz CT molecular complexity index is 146. The Balaban J connectivity index is 3.95. The number of carbonyl (C=O) groups excluding carboxylic acids is 1. The molecule has 3 N–H and O–H groups in total. The minimum Gasteiger partial charge on any atom is -0.368 e. The van der Waals surface area contributed by atoms with Crippen molar-refractivity contribution in [2.24, 2.45) is 11.7 Å². The summed E-state index contributed by atoms with van der Waals surface area (Å²) < 4.78 is 0. The van der Waals surface area contributed by atoms with Crippen molar-refractivity contribution in [2.75, 3.05) is 0 Å². The summed E-state index contributed by atoms with van der Waals surface area (Å²) >= 11 is 0. The summed E-state index contributed by atoms with van der Waals surface area (Å²) in [7, 11) is 0. The van der Waals surface area contributed by atoms with Crippen LogP contribution < -0.4 is 5.73 Å². The number of nitrogens with two attached hydrogens (primary N) is 1. The fraction of sp³-hybridized carbons (Fsp3) is 0.250. The first-order valence-electron chi connectivity index (χ1n) is 1.92. The molecule has 0 bridgehead atoms. The molecule has 1 amide bonds. The van der Waals surface area contributed by atoms with Crippen molar-refractivity contribution in [3.63, 3.8) is 0 Å². The van der Waals surface area contributed by atoms with Crippen LogP contribution in [0, 0.1) is 22.7 Å². The first-order chi connectivity index (χ1) is 3.72. The lowest BCUT2D eigenvalue weighted by Crippen LogP contribution is -2.22. The molecule has 0 fully saturated rings. The van der Waals surface area contributed by atoms with E-state index in [1.165, 1.54) is 6.07 Å². The Kier molecular flexibility index (Phi) is 2.28. The molecule has 1 unspecified atom stereocenters. The van der Waals surface area contributed by atoms with Crippen LogP contribution in [0.15, 0.2) is 0 Å². The molecule has 0 aromatic rings. The molecule has 0 radical (unpaired) electrons. The van der Waals surface area contributed by atoms with Crippen molar-refractivity contribution in [1.29, 1.82) is 10.7 Å². The largest absolute Gasteiger partial charge is 0.368 e. The zero-order chi connectivity index (χ0) is 6.57. The van der Waals surface area contributed by atoms with Crippen molar-refractivity contribution in [3.05, 3.63) is 0 Å². The standard InChI is InChI=1S/C4H5N3O/c5-1-3(2-6)4(7)8/h1,3,5H,(H2,7,8). The lowest BCUT2D eigenvalue weighted by molar-refractivity contribution is -0.118. The second kappa shape index (κ2) is 2.75. The van der Waals surface area contributed by atoms with Gasteiger partial charge in [-0.1, -0.05) is 0 Å². The third-order valence-electron chi connectivity index (χ3n) is 0.612. The summed E-state index contributed by atoms with van der Waals surface area (Å²) in [5, 5.41) is 14.4. The highest BCUT2D eigenvalue weighted by Gasteiger charge is 2.07. The number of nitrogens with one attached hydrogen (secondary N) is 1. The number of nitrogens with zero attached hydrogens (tertiary/aromatic N) is 1. The smallest absolute Gasteiger partial charge is 0.240 e. The monoisotopic (exact) mass is 111 g/mol. The van der Waals surface area contributed by atoms with Gasteiger partial charge in [-0.05, 0) is 0 Å². The maximum Gasteiger partial charge on any atom is 0.240 e. The minimum absolute atomic E-state index is 0.711. The molecule has 0 aromatic carbocycles. The average Bonchev–Trinajstić information content (AvgIpc) is 1.69. The molecule has 0 spiro atoms. The SMILES string of the molecule is N#CC(C=N)C(N)=O. The molecule has 4 nitrogen and oxygen atoms in total. The molecule has 0 aliphatic carbocycles. The molecule has 4 heteroatoms. The molecule has 0 rings (SSSR count). The molecule has 8 heavy (non-hydrogen) atoms. The molecule has 0 saturated carbocycles. The average molecular weight is 111 g/mol. The molecule has 1 atom stereocenters. The van der Waals surface area contributed by atoms with E-state index in [1.54, 1.807) is 0 Å². The van der Waals surface area contributed by atoms with Gasteiger partial charge in [-0.2, -0.15) is 5.26 Å². The Labute approximate surface area is 46.4 Å². The Hall–Kier alpha value is -1.37. The van der Waals surface area contributed by atoms with Crippen LogP contribution in [-0.4, -0.2) is 12.1 Å². The quantitative estimate of drug-likeness (QED) is 0.459. The van der Waals surface area contributed by atoms with Crippen molar-refractivity contribution >= 4 is 12.1 Å². The van der Waals surface area contributed by atoms with Gasteiger partial charge in [0.2, 0.25) is 5.91 Å². The van der Waals surface area contributed by atoms with E-state index in [4.69, 9.17) is 10.7 Å². The maximum atomic E-state index is 10.0. The zero-order valence-electron chi connectivity index (χ0n) is 4.09. The number of rotatable bonds is 2. The topological polar surface area (TPSA) is 90.7 Å². The van der Waals surface area contributed by atoms with Crippen molar-refractivity contribution in [2.45, 2.75) is 0 Å². The summed E-state index contributed by atoms with van der Waals surface area (Å²) in [6.07, 6.45) is 0.711. The van der Waals surface area contributed by atoms with Gasteiger partial charge >= 0.3 is 0 Å². The third kappa shape index (κ3) is 1.39. The summed E-state index contributed by atoms with van der Waals surface area (Å²) in [6.45, 7) is 0. The first-order valence-corrected chi connectivity index (χ1v) is 1.92. The Morgan fingerprint density at radius 2 is 2.50 bits per heavy atom. The fourth-order valence-corrected chi connectivity index (χ4v) is 0.183. The van der Waals surface area contributed by atoms with Crippen LogP contribution in [0.1, 0.15) is 0 Å². The Morgan fingerprint density at radius 1 is 2.00 bits per heavy atom. The van der Waals surface area contributed by atoms with E-state index < -0.39 is 11.8 Å². The van der Waals surface area contributed by atoms with E-state index in [1.807, 2.05) is 0 Å². The van der Waals surface area contributed by atoms with E-state index >= 15 is 0 Å². The highest BCUT2D eigenvalue weighted by atomic mass is 16.1. The van der Waals surface area contributed by atoms with Gasteiger partial charge in [0.25, 0.3) is 0 Å². The van der Waals surface area contributed by atoms with Crippen LogP contribution in [0.2, 0.25) is 0 Å². The fourth-order valence-electron chi connectivity index (χ4n) is 0.183. The van der Waals surface area contributed by atoms with Gasteiger partial charge in [0.1, 0.15) is 0 Å². The van der Waals surface area contributed by atoms with Crippen LogP contribution >= 0.6 is 0 Å². The summed E-state index contributed by atoms with van der Waals surface area (Å²) in [4.78, 5) is 10.0. The lowest BCUT2D eigenvalue weighted by atomic mass is 10.2. The van der Waals surface area contributed by atoms with Gasteiger partial charge in [0.15, 0.2) is 5.92 Å². The first kappa shape index (κ1) is 6.63. The normalized spacial score (nSPS) is 11.4. The lowest BCUT2D eigenvalue weighted by Gasteiger charge is -1.89. The second-order valence-corrected chi connectivity index (χ2v) is 1.18. The van der Waals surface area contributed by atoms with Gasteiger partial charge in [-0.25, -0.2) is 0 Å². The van der Waals surface area contributed by atoms with Crippen molar-refractivity contribution < 1.29 is 4.79 Å². The summed E-state index contributed by atoms with van der Waals surface area (Å²) in [5.74, 6) is -1.84. The minimum atomic E-state index is -1.06. The highest BCUT2D eigenvalue weighted by molar-refractivity contribution is 5.94. The van der Waals surface area contributed by atoms with Crippen molar-refractivity contribution in [1.82, 2.24) is 0 Å². The van der Waals surface area contributed by atoms with Crippen molar-refractivity contribution in [3.8, 4) is 6.07 Å².